The van der Waals surface area contributed by atoms with Gasteiger partial charge >= 0.3 is 0 Å². The van der Waals surface area contributed by atoms with Crippen molar-refractivity contribution in [3.05, 3.63) is 70.1 Å². The Morgan fingerprint density at radius 2 is 1.75 bits per heavy atom. The lowest BCUT2D eigenvalue weighted by molar-refractivity contribution is -0.203. The summed E-state index contributed by atoms with van der Waals surface area (Å²) in [7, 11) is 16.0. The molecule has 3 aromatic rings. The minimum Gasteiger partial charge on any atom is -0.394 e. The highest BCUT2D eigenvalue weighted by Crippen LogP contribution is 2.33. The molecule has 182 valence electrons. The van der Waals surface area contributed by atoms with Gasteiger partial charge in [0, 0.05) is 28.5 Å². The van der Waals surface area contributed by atoms with Crippen LogP contribution in [0.15, 0.2) is 48.8 Å². The molecule has 0 aliphatic carbocycles. The van der Waals surface area contributed by atoms with Gasteiger partial charge < -0.3 is 41.2 Å². The molecule has 1 atom stereocenters. The third-order valence-electron chi connectivity index (χ3n) is 5.32. The van der Waals surface area contributed by atoms with Crippen molar-refractivity contribution in [1.82, 2.24) is 15.3 Å². The van der Waals surface area contributed by atoms with Crippen molar-refractivity contribution < 1.29 is 30.3 Å². The van der Waals surface area contributed by atoms with Gasteiger partial charge in [0.25, 0.3) is 5.91 Å². The zero-order valence-corrected chi connectivity index (χ0v) is 20.0. The molecule has 36 heavy (non-hydrogen) atoms. The van der Waals surface area contributed by atoms with E-state index >= 15 is 0 Å². The van der Waals surface area contributed by atoms with Crippen LogP contribution in [0.2, 0.25) is 10.0 Å². The number of nitrogens with zero attached hydrogens (tertiary/aromatic N) is 1. The van der Waals surface area contributed by atoms with Crippen LogP contribution in [0, 0.1) is 0 Å². The van der Waals surface area contributed by atoms with Crippen molar-refractivity contribution in [2.24, 2.45) is 0 Å². The van der Waals surface area contributed by atoms with Crippen LogP contribution in [-0.2, 0) is 0 Å². The Morgan fingerprint density at radius 1 is 1.08 bits per heavy atom. The van der Waals surface area contributed by atoms with Gasteiger partial charge in [-0.1, -0.05) is 35.3 Å². The fourth-order valence-electron chi connectivity index (χ4n) is 3.26. The molecule has 0 aliphatic heterocycles. The minimum atomic E-state index is -3.40. The van der Waals surface area contributed by atoms with E-state index in [4.69, 9.17) is 46.7 Å². The molecule has 2 aromatic heterocycles. The fraction of sp³-hybridized carbons (Fsp3) is 0.238. The van der Waals surface area contributed by atoms with Crippen molar-refractivity contribution in [2.45, 2.75) is 22.9 Å². The average molecular weight is 527 g/mol. The molecular weight excluding hydrogens is 508 g/mol. The minimum absolute atomic E-state index is 0.124. The molecule has 0 bridgehead atoms. The van der Waals surface area contributed by atoms with Crippen molar-refractivity contribution >= 4 is 58.5 Å². The molecule has 10 nitrogen and oxygen atoms in total. The van der Waals surface area contributed by atoms with Crippen LogP contribution >= 0.6 is 23.2 Å². The van der Waals surface area contributed by atoms with Crippen LogP contribution in [-0.4, -0.2) is 88.4 Å². The molecule has 15 heteroatoms. The second-order valence-electron chi connectivity index (χ2n) is 8.00. The predicted octanol–water partition coefficient (Wildman–Crippen LogP) is -0.263. The van der Waals surface area contributed by atoms with Gasteiger partial charge in [-0.25, -0.2) is 4.98 Å². The molecule has 0 saturated carbocycles. The van der Waals surface area contributed by atoms with Crippen molar-refractivity contribution in [3.63, 3.8) is 0 Å². The highest BCUT2D eigenvalue weighted by atomic mass is 35.5. The molecule has 0 aliphatic rings. The Bertz CT molecular complexity index is 1230. The van der Waals surface area contributed by atoms with Crippen molar-refractivity contribution in [1.29, 1.82) is 0 Å². The third-order valence-corrected chi connectivity index (χ3v) is 5.86. The molecule has 3 rings (SSSR count). The summed E-state index contributed by atoms with van der Waals surface area (Å²) in [5.74, 6) is -0.756. The predicted molar refractivity (Wildman–Crippen MR) is 136 cm³/mol. The Kier molecular flexibility index (Phi) is 8.16. The van der Waals surface area contributed by atoms with Crippen molar-refractivity contribution in [3.8, 4) is 11.1 Å². The lowest BCUT2D eigenvalue weighted by Crippen LogP contribution is -2.73. The standard InChI is InChI=1S/C21H19B3Cl2N4O6/c22-19(20(23,33)34,21(24,35)36)30-17-6-13(14(26)8-28-17)11-5-15(27-7-11)18(32)29-16(9-31)10-2-1-3-12(25)4-10/h1-8,16,27,31,33-36H,9H2,(H,28,30)(H,29,32). The molecule has 0 saturated heterocycles. The summed E-state index contributed by atoms with van der Waals surface area (Å²) in [5, 5.41) is 54.2. The number of anilines is 1. The van der Waals surface area contributed by atoms with E-state index in [1.807, 2.05) is 0 Å². The van der Waals surface area contributed by atoms with Crippen molar-refractivity contribution in [2.75, 3.05) is 11.9 Å². The zero-order chi connectivity index (χ0) is 26.9. The topological polar surface area (TPSA) is 171 Å². The lowest BCUT2D eigenvalue weighted by atomic mass is 9.53. The molecule has 1 unspecified atom stereocenters. The van der Waals surface area contributed by atoms with E-state index in [0.29, 0.717) is 16.1 Å². The van der Waals surface area contributed by atoms with E-state index in [1.54, 1.807) is 24.3 Å². The summed E-state index contributed by atoms with van der Waals surface area (Å²) in [4.78, 5) is 19.5. The first-order valence-electron chi connectivity index (χ1n) is 10.2. The maximum Gasteiger partial charge on any atom is 0.268 e. The Labute approximate surface area is 219 Å². The average Bonchev–Trinajstić information content (AvgIpc) is 3.27. The molecule has 0 fully saturated rings. The summed E-state index contributed by atoms with van der Waals surface area (Å²) in [5.41, 5.74) is -8.38. The number of rotatable bonds is 9. The van der Waals surface area contributed by atoms with Crippen LogP contribution in [0.3, 0.4) is 0 Å². The first-order valence-corrected chi connectivity index (χ1v) is 11.0. The van der Waals surface area contributed by atoms with E-state index in [1.165, 1.54) is 18.3 Å². The number of amides is 1. The maximum absolute atomic E-state index is 12.8. The number of hydrogen-bond donors (Lipinski definition) is 8. The highest BCUT2D eigenvalue weighted by Gasteiger charge is 2.52. The number of carbonyl (C=O) groups excluding carboxylic acids is 1. The molecule has 1 aromatic carbocycles. The van der Waals surface area contributed by atoms with Crippen LogP contribution in [0.1, 0.15) is 22.1 Å². The molecule has 6 radical (unpaired) electrons. The van der Waals surface area contributed by atoms with Gasteiger partial charge in [0.1, 0.15) is 30.7 Å². The second kappa shape index (κ2) is 10.5. The van der Waals surface area contributed by atoms with Gasteiger partial charge in [-0.3, -0.25) is 4.79 Å². The number of aromatic nitrogens is 2. The van der Waals surface area contributed by atoms with E-state index in [9.17, 15) is 30.3 Å². The summed E-state index contributed by atoms with van der Waals surface area (Å²) in [6.45, 7) is -0.373. The normalized spacial score (nSPS) is 13.3. The number of H-pyrrole nitrogens is 1. The Balaban J connectivity index is 1.86. The first kappa shape index (κ1) is 28.1. The van der Waals surface area contributed by atoms with E-state index < -0.39 is 28.8 Å². The number of benzene rings is 1. The first-order chi connectivity index (χ1) is 16.7. The number of nitrogens with one attached hydrogen (secondary N) is 3. The number of hydrogen-bond acceptors (Lipinski definition) is 8. The molecule has 0 spiro atoms. The molecule has 2 heterocycles. The molecular formula is C21H19B3Cl2N4O6. The molecule has 1 amide bonds. The molecule has 8 N–H and O–H groups in total. The van der Waals surface area contributed by atoms with Gasteiger partial charge in [-0.05, 0) is 29.8 Å². The number of pyridine rings is 1. The lowest BCUT2D eigenvalue weighted by Gasteiger charge is -2.48. The number of aliphatic hydroxyl groups is 5. The van der Waals surface area contributed by atoms with Gasteiger partial charge in [0.15, 0.2) is 15.7 Å². The summed E-state index contributed by atoms with van der Waals surface area (Å²) in [6, 6.07) is 8.69. The monoisotopic (exact) mass is 526 g/mol. The third kappa shape index (κ3) is 5.89. The second-order valence-corrected chi connectivity index (χ2v) is 8.84. The van der Waals surface area contributed by atoms with Gasteiger partial charge in [-0.2, -0.15) is 0 Å². The van der Waals surface area contributed by atoms with Crippen LogP contribution in [0.4, 0.5) is 5.82 Å². The maximum atomic E-state index is 12.8. The number of aromatic amines is 1. The Morgan fingerprint density at radius 3 is 2.33 bits per heavy atom. The number of carbonyl (C=O) groups is 1. The largest absolute Gasteiger partial charge is 0.394 e. The van der Waals surface area contributed by atoms with Gasteiger partial charge in [0.05, 0.1) is 23.1 Å². The zero-order valence-electron chi connectivity index (χ0n) is 18.5. The van der Waals surface area contributed by atoms with E-state index in [0.717, 1.165) is 6.20 Å². The Hall–Kier alpha value is -2.51. The van der Waals surface area contributed by atoms with Gasteiger partial charge in [-0.15, -0.1) is 0 Å². The SMILES string of the molecule is [B]C(O)(O)C([B])(Nc1cc(-c2c[nH]c(C(=O)NC(CO)c3cccc(Cl)c3)c2)c(Cl)cn1)C([B])(O)O. The highest BCUT2D eigenvalue weighted by molar-refractivity contribution is 6.33. The van der Waals surface area contributed by atoms with E-state index in [-0.39, 0.29) is 28.7 Å². The van der Waals surface area contributed by atoms with Gasteiger partial charge in [0.2, 0.25) is 0 Å². The number of aliphatic hydroxyl groups excluding tert-OH is 1. The van der Waals surface area contributed by atoms with Crippen LogP contribution in [0.25, 0.3) is 11.1 Å². The number of halogens is 2. The van der Waals surface area contributed by atoms with Crippen LogP contribution < -0.4 is 10.6 Å². The quantitative estimate of drug-likeness (QED) is 0.139. The smallest absolute Gasteiger partial charge is 0.268 e. The summed E-state index contributed by atoms with van der Waals surface area (Å²) >= 11 is 12.2. The fourth-order valence-corrected chi connectivity index (χ4v) is 3.67. The van der Waals surface area contributed by atoms with Crippen LogP contribution in [0.5, 0.6) is 0 Å². The van der Waals surface area contributed by atoms with E-state index in [2.05, 4.69) is 20.6 Å². The summed E-state index contributed by atoms with van der Waals surface area (Å²) in [6.07, 6.45) is 2.62. The summed E-state index contributed by atoms with van der Waals surface area (Å²) < 4.78 is 0.